The van der Waals surface area contributed by atoms with Crippen LogP contribution in [-0.2, 0) is 13.2 Å². The van der Waals surface area contributed by atoms with E-state index in [1.807, 2.05) is 31.2 Å². The molecular weight excluding hydrogens is 464 g/mol. The first-order valence-electron chi connectivity index (χ1n) is 10.1. The standard InChI is InChI=1S/C25H20Cl2FN3O2/c1-16-2-9-21(26)23(12-16)33-15-17-3-5-18(6-4-17)25(32)29-24-10-11-31(30-24)14-19-7-8-20(28)13-22(19)27/h2-13H,14-15H2,1H3,(H,29,30,32). The highest BCUT2D eigenvalue weighted by molar-refractivity contribution is 6.32. The Kier molecular flexibility index (Phi) is 6.96. The molecule has 0 saturated heterocycles. The molecular formula is C25H20Cl2FN3O2. The zero-order valence-corrected chi connectivity index (χ0v) is 19.2. The molecule has 0 atom stereocenters. The Morgan fingerprint density at radius 2 is 1.82 bits per heavy atom. The Morgan fingerprint density at radius 1 is 1.03 bits per heavy atom. The third-order valence-corrected chi connectivity index (χ3v) is 5.59. The van der Waals surface area contributed by atoms with Crippen molar-refractivity contribution in [2.24, 2.45) is 0 Å². The monoisotopic (exact) mass is 483 g/mol. The summed E-state index contributed by atoms with van der Waals surface area (Å²) in [6.45, 7) is 2.66. The van der Waals surface area contributed by atoms with Crippen LogP contribution in [0.15, 0.2) is 72.9 Å². The number of halogens is 3. The Hall–Kier alpha value is -3.35. The number of amides is 1. The predicted octanol–water partition coefficient (Wildman–Crippen LogP) is 6.52. The maximum absolute atomic E-state index is 13.2. The molecule has 5 nitrogen and oxygen atoms in total. The summed E-state index contributed by atoms with van der Waals surface area (Å²) in [5, 5.41) is 7.97. The normalized spacial score (nSPS) is 10.8. The van der Waals surface area contributed by atoms with Gasteiger partial charge in [-0.25, -0.2) is 4.39 Å². The van der Waals surface area contributed by atoms with Crippen LogP contribution in [0.3, 0.4) is 0 Å². The summed E-state index contributed by atoms with van der Waals surface area (Å²) >= 11 is 12.2. The number of hydrogen-bond acceptors (Lipinski definition) is 3. The Bertz CT molecular complexity index is 1290. The first-order chi connectivity index (χ1) is 15.9. The number of ether oxygens (including phenoxy) is 1. The summed E-state index contributed by atoms with van der Waals surface area (Å²) in [5.74, 6) is 0.346. The summed E-state index contributed by atoms with van der Waals surface area (Å²) in [6.07, 6.45) is 1.71. The van der Waals surface area contributed by atoms with Crippen LogP contribution < -0.4 is 10.1 Å². The quantitative estimate of drug-likeness (QED) is 0.325. The molecule has 0 radical (unpaired) electrons. The molecule has 0 fully saturated rings. The second-order valence-electron chi connectivity index (χ2n) is 7.51. The number of nitrogens with zero attached hydrogens (tertiary/aromatic N) is 2. The van der Waals surface area contributed by atoms with Gasteiger partial charge in [-0.2, -0.15) is 5.10 Å². The van der Waals surface area contributed by atoms with Gasteiger partial charge in [0.15, 0.2) is 5.82 Å². The zero-order valence-electron chi connectivity index (χ0n) is 17.7. The molecule has 1 aromatic heterocycles. The van der Waals surface area contributed by atoms with Crippen molar-refractivity contribution in [3.8, 4) is 5.75 Å². The van der Waals surface area contributed by atoms with E-state index in [9.17, 15) is 9.18 Å². The van der Waals surface area contributed by atoms with Crippen molar-refractivity contribution in [1.29, 1.82) is 0 Å². The van der Waals surface area contributed by atoms with E-state index in [-0.39, 0.29) is 5.91 Å². The van der Waals surface area contributed by atoms with Gasteiger partial charge in [-0.1, -0.05) is 47.5 Å². The maximum atomic E-state index is 13.2. The van der Waals surface area contributed by atoms with Gasteiger partial charge in [-0.15, -0.1) is 0 Å². The van der Waals surface area contributed by atoms with Gasteiger partial charge in [0, 0.05) is 22.8 Å². The summed E-state index contributed by atoms with van der Waals surface area (Å²) in [7, 11) is 0. The summed E-state index contributed by atoms with van der Waals surface area (Å²) in [6, 6.07) is 18.6. The largest absolute Gasteiger partial charge is 0.487 e. The second-order valence-corrected chi connectivity index (χ2v) is 8.32. The number of carbonyl (C=O) groups excluding carboxylic acids is 1. The summed E-state index contributed by atoms with van der Waals surface area (Å²) in [5.41, 5.74) is 3.18. The number of aryl methyl sites for hydroxylation is 1. The highest BCUT2D eigenvalue weighted by Crippen LogP contribution is 2.26. The summed E-state index contributed by atoms with van der Waals surface area (Å²) in [4.78, 5) is 12.6. The lowest BCUT2D eigenvalue weighted by atomic mass is 10.1. The molecule has 33 heavy (non-hydrogen) atoms. The van der Waals surface area contributed by atoms with E-state index in [2.05, 4.69) is 10.4 Å². The van der Waals surface area contributed by atoms with Crippen LogP contribution in [0, 0.1) is 12.7 Å². The van der Waals surface area contributed by atoms with Crippen LogP contribution in [0.4, 0.5) is 10.2 Å². The Morgan fingerprint density at radius 3 is 2.58 bits per heavy atom. The molecule has 0 spiro atoms. The Labute approximate surface area is 200 Å². The van der Waals surface area contributed by atoms with Gasteiger partial charge in [-0.3, -0.25) is 9.48 Å². The number of carbonyl (C=O) groups is 1. The van der Waals surface area contributed by atoms with Crippen LogP contribution in [0.25, 0.3) is 0 Å². The van der Waals surface area contributed by atoms with Gasteiger partial charge in [-0.05, 0) is 60.0 Å². The van der Waals surface area contributed by atoms with E-state index in [0.717, 1.165) is 16.7 Å². The molecule has 3 aromatic carbocycles. The molecule has 4 aromatic rings. The number of anilines is 1. The lowest BCUT2D eigenvalue weighted by Crippen LogP contribution is -2.13. The third-order valence-electron chi connectivity index (χ3n) is 4.93. The average Bonchev–Trinajstić information content (AvgIpc) is 3.23. The molecule has 1 heterocycles. The molecule has 1 N–H and O–H groups in total. The second kappa shape index (κ2) is 10.1. The van der Waals surface area contributed by atoms with E-state index in [1.165, 1.54) is 12.1 Å². The third kappa shape index (κ3) is 5.92. The van der Waals surface area contributed by atoms with Crippen LogP contribution in [0.1, 0.15) is 27.0 Å². The molecule has 0 aliphatic heterocycles. The van der Waals surface area contributed by atoms with Gasteiger partial charge in [0.25, 0.3) is 5.91 Å². The Balaban J connectivity index is 1.34. The maximum Gasteiger partial charge on any atom is 0.256 e. The first-order valence-corrected chi connectivity index (χ1v) is 10.9. The molecule has 0 aliphatic rings. The van der Waals surface area contributed by atoms with E-state index >= 15 is 0 Å². The van der Waals surface area contributed by atoms with Gasteiger partial charge in [0.2, 0.25) is 0 Å². The topological polar surface area (TPSA) is 56.1 Å². The van der Waals surface area contributed by atoms with E-state index in [4.69, 9.17) is 27.9 Å². The van der Waals surface area contributed by atoms with Crippen LogP contribution >= 0.6 is 23.2 Å². The van der Waals surface area contributed by atoms with Gasteiger partial charge < -0.3 is 10.1 Å². The SMILES string of the molecule is Cc1ccc(Cl)c(OCc2ccc(C(=O)Nc3ccn(Cc4ccc(F)cc4Cl)n3)cc2)c1. The fraction of sp³-hybridized carbons (Fsp3) is 0.120. The first kappa shape index (κ1) is 22.8. The molecule has 0 aliphatic carbocycles. The fourth-order valence-electron chi connectivity index (χ4n) is 3.16. The van der Waals surface area contributed by atoms with E-state index in [1.54, 1.807) is 41.2 Å². The molecule has 8 heteroatoms. The van der Waals surface area contributed by atoms with Crippen LogP contribution in [-0.4, -0.2) is 15.7 Å². The van der Waals surface area contributed by atoms with Crippen molar-refractivity contribution in [1.82, 2.24) is 9.78 Å². The fourth-order valence-corrected chi connectivity index (χ4v) is 3.56. The molecule has 0 unspecified atom stereocenters. The van der Waals surface area contributed by atoms with Crippen LogP contribution in [0.2, 0.25) is 10.0 Å². The number of nitrogens with one attached hydrogen (secondary N) is 1. The van der Waals surface area contributed by atoms with Gasteiger partial charge in [0.05, 0.1) is 11.6 Å². The smallest absolute Gasteiger partial charge is 0.256 e. The number of benzene rings is 3. The minimum Gasteiger partial charge on any atom is -0.487 e. The molecule has 1 amide bonds. The predicted molar refractivity (Wildman–Crippen MR) is 128 cm³/mol. The average molecular weight is 484 g/mol. The summed E-state index contributed by atoms with van der Waals surface area (Å²) < 4.78 is 20.6. The molecule has 4 rings (SSSR count). The van der Waals surface area contributed by atoms with Crippen molar-refractivity contribution < 1.29 is 13.9 Å². The minimum atomic E-state index is -0.395. The number of rotatable bonds is 7. The highest BCUT2D eigenvalue weighted by atomic mass is 35.5. The van der Waals surface area contributed by atoms with Crippen molar-refractivity contribution in [2.75, 3.05) is 5.32 Å². The van der Waals surface area contributed by atoms with Gasteiger partial charge >= 0.3 is 0 Å². The van der Waals surface area contributed by atoms with Crippen molar-refractivity contribution >= 4 is 34.9 Å². The molecule has 168 valence electrons. The highest BCUT2D eigenvalue weighted by Gasteiger charge is 2.10. The van der Waals surface area contributed by atoms with Crippen LogP contribution in [0.5, 0.6) is 5.75 Å². The number of aromatic nitrogens is 2. The van der Waals surface area contributed by atoms with Crippen molar-refractivity contribution in [2.45, 2.75) is 20.1 Å². The molecule has 0 saturated carbocycles. The van der Waals surface area contributed by atoms with E-state index < -0.39 is 5.82 Å². The van der Waals surface area contributed by atoms with Crippen molar-refractivity contribution in [3.63, 3.8) is 0 Å². The van der Waals surface area contributed by atoms with Gasteiger partial charge in [0.1, 0.15) is 18.2 Å². The zero-order chi connectivity index (χ0) is 23.4. The van der Waals surface area contributed by atoms with E-state index in [0.29, 0.717) is 40.3 Å². The lowest BCUT2D eigenvalue weighted by Gasteiger charge is -2.09. The minimum absolute atomic E-state index is 0.283. The number of hydrogen-bond donors (Lipinski definition) is 1. The molecule has 0 bridgehead atoms. The van der Waals surface area contributed by atoms with Crippen molar-refractivity contribution in [3.05, 3.63) is 111 Å². The lowest BCUT2D eigenvalue weighted by molar-refractivity contribution is 0.102.